The Labute approximate surface area is 190 Å². The van der Waals surface area contributed by atoms with E-state index < -0.39 is 0 Å². The number of carbonyl (C=O) groups excluding carboxylic acids is 2. The third-order valence-corrected chi connectivity index (χ3v) is 5.64. The smallest absolute Gasteiger partial charge is 0.310 e. The summed E-state index contributed by atoms with van der Waals surface area (Å²) in [4.78, 5) is 27.9. The summed E-state index contributed by atoms with van der Waals surface area (Å²) < 4.78 is 7.57. The van der Waals surface area contributed by atoms with Gasteiger partial charge in [-0.25, -0.2) is 0 Å². The molecule has 32 heavy (non-hydrogen) atoms. The second-order valence-corrected chi connectivity index (χ2v) is 7.68. The first-order chi connectivity index (χ1) is 15.6. The summed E-state index contributed by atoms with van der Waals surface area (Å²) in [6.45, 7) is 9.72. The molecule has 0 aliphatic rings. The fraction of sp³-hybridized carbons (Fsp3) is 0.385. The number of carbonyl (C=O) groups is 2. The van der Waals surface area contributed by atoms with Crippen molar-refractivity contribution in [2.45, 2.75) is 40.0 Å². The number of hydrogen-bond acceptors (Lipinski definition) is 4. The number of fused-ring (bicyclic) bond motifs is 1. The van der Waals surface area contributed by atoms with Crippen molar-refractivity contribution in [2.75, 3.05) is 26.2 Å². The van der Waals surface area contributed by atoms with Crippen molar-refractivity contribution in [2.24, 2.45) is 0 Å². The van der Waals surface area contributed by atoms with E-state index in [-0.39, 0.29) is 18.3 Å². The Bertz CT molecular complexity index is 1040. The van der Waals surface area contributed by atoms with Gasteiger partial charge in [0.1, 0.15) is 0 Å². The highest BCUT2D eigenvalue weighted by Crippen LogP contribution is 2.36. The Balaban J connectivity index is 1.92. The first kappa shape index (κ1) is 23.5. The molecule has 6 nitrogen and oxygen atoms in total. The summed E-state index contributed by atoms with van der Waals surface area (Å²) in [7, 11) is 0. The van der Waals surface area contributed by atoms with Crippen molar-refractivity contribution >= 4 is 22.8 Å². The maximum absolute atomic E-state index is 13.4. The molecular formula is C26H33N3O3. The highest BCUT2D eigenvalue weighted by atomic mass is 16.5. The van der Waals surface area contributed by atoms with Crippen LogP contribution >= 0.6 is 0 Å². The lowest BCUT2D eigenvalue weighted by atomic mass is 10.2. The number of ether oxygens (including phenoxy) is 1. The number of hydrogen-bond donors (Lipinski definition) is 1. The first-order valence-electron chi connectivity index (χ1n) is 11.5. The predicted molar refractivity (Wildman–Crippen MR) is 129 cm³/mol. The largest absolute Gasteiger partial charge is 0.423 e. The van der Waals surface area contributed by atoms with E-state index in [4.69, 9.17) is 4.74 Å². The van der Waals surface area contributed by atoms with Crippen LogP contribution in [0.25, 0.3) is 16.6 Å². The number of para-hydroxylation sites is 2. The second-order valence-electron chi connectivity index (χ2n) is 7.68. The molecule has 0 bridgehead atoms. The van der Waals surface area contributed by atoms with E-state index in [1.807, 2.05) is 59.2 Å². The molecule has 1 aromatic heterocycles. The fourth-order valence-corrected chi connectivity index (χ4v) is 3.84. The van der Waals surface area contributed by atoms with E-state index in [0.29, 0.717) is 18.0 Å². The molecule has 3 aromatic rings. The quantitative estimate of drug-likeness (QED) is 0.347. The molecule has 0 radical (unpaired) electrons. The third kappa shape index (κ3) is 5.37. The predicted octanol–water partition coefficient (Wildman–Crippen LogP) is 4.80. The number of amides is 1. The summed E-state index contributed by atoms with van der Waals surface area (Å²) in [5, 5.41) is 3.78. The number of nitrogens with one attached hydrogen (secondary N) is 1. The Kier molecular flexibility index (Phi) is 8.45. The Hall–Kier alpha value is -3.12. The molecule has 1 amide bonds. The maximum Gasteiger partial charge on any atom is 0.310 e. The maximum atomic E-state index is 13.4. The summed E-state index contributed by atoms with van der Waals surface area (Å²) in [6.07, 6.45) is 2.14. The third-order valence-electron chi connectivity index (χ3n) is 5.64. The van der Waals surface area contributed by atoms with Crippen molar-refractivity contribution in [1.29, 1.82) is 0 Å². The van der Waals surface area contributed by atoms with E-state index in [1.165, 1.54) is 0 Å². The van der Waals surface area contributed by atoms with Crippen molar-refractivity contribution in [3.8, 4) is 11.4 Å². The average molecular weight is 436 g/mol. The normalized spacial score (nSPS) is 11.1. The van der Waals surface area contributed by atoms with Crippen LogP contribution in [0.1, 0.15) is 50.5 Å². The zero-order chi connectivity index (χ0) is 22.9. The molecule has 0 saturated carbocycles. The van der Waals surface area contributed by atoms with Gasteiger partial charge in [-0.15, -0.1) is 0 Å². The fourth-order valence-electron chi connectivity index (χ4n) is 3.84. The van der Waals surface area contributed by atoms with Crippen LogP contribution in [0.4, 0.5) is 0 Å². The van der Waals surface area contributed by atoms with E-state index in [0.717, 1.165) is 49.1 Å². The molecule has 0 atom stereocenters. The van der Waals surface area contributed by atoms with Crippen molar-refractivity contribution < 1.29 is 14.3 Å². The van der Waals surface area contributed by atoms with Gasteiger partial charge in [-0.2, -0.15) is 0 Å². The van der Waals surface area contributed by atoms with Gasteiger partial charge in [0.15, 0.2) is 11.4 Å². The molecule has 0 saturated heterocycles. The average Bonchev–Trinajstić information content (AvgIpc) is 3.16. The van der Waals surface area contributed by atoms with Crippen LogP contribution in [0.15, 0.2) is 54.6 Å². The minimum absolute atomic E-state index is 0.233. The Morgan fingerprint density at radius 2 is 1.62 bits per heavy atom. The second kappa shape index (κ2) is 11.5. The highest BCUT2D eigenvalue weighted by molar-refractivity contribution is 6.06. The van der Waals surface area contributed by atoms with E-state index in [9.17, 15) is 9.59 Å². The lowest BCUT2D eigenvalue weighted by molar-refractivity contribution is -0.133. The van der Waals surface area contributed by atoms with Gasteiger partial charge in [0, 0.05) is 24.0 Å². The molecule has 0 spiro atoms. The van der Waals surface area contributed by atoms with Gasteiger partial charge in [0.2, 0.25) is 0 Å². The zero-order valence-corrected chi connectivity index (χ0v) is 19.3. The summed E-state index contributed by atoms with van der Waals surface area (Å²) in [5.74, 6) is -0.294. The summed E-state index contributed by atoms with van der Waals surface area (Å²) in [5.41, 5.74) is 2.02. The van der Waals surface area contributed by atoms with Gasteiger partial charge >= 0.3 is 5.97 Å². The number of aromatic nitrogens is 1. The first-order valence-corrected chi connectivity index (χ1v) is 11.5. The van der Waals surface area contributed by atoms with Gasteiger partial charge in [-0.1, -0.05) is 51.1 Å². The van der Waals surface area contributed by atoms with Gasteiger partial charge < -0.3 is 19.5 Å². The molecular weight excluding hydrogens is 402 g/mol. The van der Waals surface area contributed by atoms with Crippen LogP contribution in [0.3, 0.4) is 0 Å². The molecule has 0 aliphatic heterocycles. The van der Waals surface area contributed by atoms with E-state index in [1.54, 1.807) is 6.92 Å². The van der Waals surface area contributed by atoms with Crippen LogP contribution < -0.4 is 10.1 Å². The van der Waals surface area contributed by atoms with Crippen LogP contribution in [0.2, 0.25) is 0 Å². The van der Waals surface area contributed by atoms with Gasteiger partial charge in [0.05, 0.1) is 5.52 Å². The van der Waals surface area contributed by atoms with Crippen LogP contribution in [-0.2, 0) is 4.79 Å². The SMILES string of the molecule is CCC(=O)Oc1c(C(=O)NCCCCN(CC)CC)n(-c2ccccc2)c2ccccc12. The zero-order valence-electron chi connectivity index (χ0n) is 19.3. The van der Waals surface area contributed by atoms with Crippen LogP contribution in [0, 0.1) is 0 Å². The number of rotatable bonds is 11. The number of benzene rings is 2. The molecule has 0 unspecified atom stereocenters. The van der Waals surface area contributed by atoms with Gasteiger partial charge in [-0.05, 0) is 56.7 Å². The monoisotopic (exact) mass is 435 g/mol. The number of unbranched alkanes of at least 4 members (excludes halogenated alkanes) is 1. The molecule has 3 rings (SSSR count). The summed E-state index contributed by atoms with van der Waals surface area (Å²) >= 11 is 0. The highest BCUT2D eigenvalue weighted by Gasteiger charge is 2.26. The van der Waals surface area contributed by atoms with Gasteiger partial charge in [-0.3, -0.25) is 9.59 Å². The van der Waals surface area contributed by atoms with E-state index >= 15 is 0 Å². The topological polar surface area (TPSA) is 63.6 Å². The van der Waals surface area contributed by atoms with E-state index in [2.05, 4.69) is 24.1 Å². The standard InChI is InChI=1S/C26H33N3O3/c1-4-23(30)32-25-21-16-10-11-17-22(21)29(20-14-8-7-9-15-20)24(25)26(31)27-18-12-13-19-28(5-2)6-3/h7-11,14-17H,4-6,12-13,18-19H2,1-3H3,(H,27,31). The molecule has 2 aromatic carbocycles. The minimum atomic E-state index is -0.366. The Morgan fingerprint density at radius 1 is 0.938 bits per heavy atom. The van der Waals surface area contributed by atoms with Crippen molar-refractivity contribution in [1.82, 2.24) is 14.8 Å². The number of esters is 1. The van der Waals surface area contributed by atoms with Crippen LogP contribution in [-0.4, -0.2) is 47.5 Å². The number of nitrogens with zero attached hydrogens (tertiary/aromatic N) is 2. The molecule has 6 heteroatoms. The lowest BCUT2D eigenvalue weighted by Gasteiger charge is -2.17. The molecule has 0 aliphatic carbocycles. The minimum Gasteiger partial charge on any atom is -0.423 e. The van der Waals surface area contributed by atoms with Gasteiger partial charge in [0.25, 0.3) is 5.91 Å². The molecule has 1 N–H and O–H groups in total. The lowest BCUT2D eigenvalue weighted by Crippen LogP contribution is -2.29. The van der Waals surface area contributed by atoms with Crippen molar-refractivity contribution in [3.05, 3.63) is 60.3 Å². The summed E-state index contributed by atoms with van der Waals surface area (Å²) in [6, 6.07) is 17.3. The molecule has 0 fully saturated rings. The molecule has 1 heterocycles. The molecule has 170 valence electrons. The van der Waals surface area contributed by atoms with Crippen LogP contribution in [0.5, 0.6) is 5.75 Å². The Morgan fingerprint density at radius 3 is 2.31 bits per heavy atom. The van der Waals surface area contributed by atoms with Crippen molar-refractivity contribution in [3.63, 3.8) is 0 Å².